The summed E-state index contributed by atoms with van der Waals surface area (Å²) in [5, 5.41) is 9.72. The molecule has 1 aliphatic heterocycles. The second-order valence-electron chi connectivity index (χ2n) is 6.43. The Kier molecular flexibility index (Phi) is 4.81. The molecule has 1 heterocycles. The second kappa shape index (κ2) is 7.02. The van der Waals surface area contributed by atoms with Crippen molar-refractivity contribution >= 4 is 5.91 Å². The highest BCUT2D eigenvalue weighted by Crippen LogP contribution is 2.24. The minimum Gasteiger partial charge on any atom is -0.389 e. The summed E-state index contributed by atoms with van der Waals surface area (Å²) in [7, 11) is 0. The highest BCUT2D eigenvalue weighted by atomic mass is 16.3. The van der Waals surface area contributed by atoms with E-state index in [1.54, 1.807) is 6.92 Å². The van der Waals surface area contributed by atoms with Crippen molar-refractivity contribution in [1.29, 1.82) is 0 Å². The number of rotatable bonds is 3. The highest BCUT2D eigenvalue weighted by molar-refractivity contribution is 5.95. The average molecular weight is 321 g/mol. The molecule has 2 aromatic rings. The van der Waals surface area contributed by atoms with Crippen LogP contribution in [0.2, 0.25) is 0 Å². The Morgan fingerprint density at radius 1 is 1.12 bits per heavy atom. The Morgan fingerprint density at radius 3 is 2.50 bits per heavy atom. The summed E-state index contributed by atoms with van der Waals surface area (Å²) < 4.78 is 0. The van der Waals surface area contributed by atoms with E-state index in [0.29, 0.717) is 6.54 Å². The van der Waals surface area contributed by atoms with Gasteiger partial charge in [0.2, 0.25) is 0 Å². The van der Waals surface area contributed by atoms with Crippen LogP contribution in [0.15, 0.2) is 60.2 Å². The van der Waals surface area contributed by atoms with E-state index in [-0.39, 0.29) is 5.91 Å². The fourth-order valence-electron chi connectivity index (χ4n) is 2.92. The summed E-state index contributed by atoms with van der Waals surface area (Å²) in [4.78, 5) is 14.4. The molecular weight excluding hydrogens is 298 g/mol. The van der Waals surface area contributed by atoms with Crippen molar-refractivity contribution in [3.8, 4) is 11.1 Å². The zero-order valence-corrected chi connectivity index (χ0v) is 14.2. The average Bonchev–Trinajstić information content (AvgIpc) is 2.62. The molecule has 0 aromatic heterocycles. The maximum absolute atomic E-state index is 12.6. The van der Waals surface area contributed by atoms with E-state index in [1.165, 1.54) is 5.57 Å². The smallest absolute Gasteiger partial charge is 0.254 e. The van der Waals surface area contributed by atoms with Gasteiger partial charge in [-0.3, -0.25) is 4.79 Å². The molecule has 0 saturated carbocycles. The van der Waals surface area contributed by atoms with Gasteiger partial charge in [-0.15, -0.1) is 0 Å². The van der Waals surface area contributed by atoms with Gasteiger partial charge in [0, 0.05) is 18.7 Å². The predicted octanol–water partition coefficient (Wildman–Crippen LogP) is 4.20. The lowest BCUT2D eigenvalue weighted by molar-refractivity contribution is 0.0769. The van der Waals surface area contributed by atoms with Crippen molar-refractivity contribution in [2.24, 2.45) is 0 Å². The number of amides is 1. The number of benzene rings is 2. The van der Waals surface area contributed by atoms with Crippen LogP contribution in [0.4, 0.5) is 0 Å². The maximum Gasteiger partial charge on any atom is 0.254 e. The lowest BCUT2D eigenvalue weighted by Gasteiger charge is -2.25. The summed E-state index contributed by atoms with van der Waals surface area (Å²) in [6.07, 6.45) is 2.59. The number of aliphatic hydroxyl groups is 1. The van der Waals surface area contributed by atoms with E-state index in [1.807, 2.05) is 53.4 Å². The van der Waals surface area contributed by atoms with Crippen LogP contribution in [0.3, 0.4) is 0 Å². The quantitative estimate of drug-likeness (QED) is 0.861. The molecule has 3 rings (SSSR count). The molecule has 1 unspecified atom stereocenters. The van der Waals surface area contributed by atoms with E-state index in [0.717, 1.165) is 35.2 Å². The van der Waals surface area contributed by atoms with Gasteiger partial charge in [-0.1, -0.05) is 42.0 Å². The highest BCUT2D eigenvalue weighted by Gasteiger charge is 2.17. The van der Waals surface area contributed by atoms with Crippen molar-refractivity contribution < 1.29 is 9.90 Å². The Hall–Kier alpha value is -2.39. The van der Waals surface area contributed by atoms with Crippen LogP contribution >= 0.6 is 0 Å². The zero-order valence-electron chi connectivity index (χ0n) is 14.2. The third-order valence-electron chi connectivity index (χ3n) is 4.56. The summed E-state index contributed by atoms with van der Waals surface area (Å²) in [6.45, 7) is 5.36. The fourth-order valence-corrected chi connectivity index (χ4v) is 2.92. The zero-order chi connectivity index (χ0) is 17.1. The van der Waals surface area contributed by atoms with Crippen molar-refractivity contribution in [1.82, 2.24) is 4.90 Å². The molecule has 0 bridgehead atoms. The number of hydrogen-bond acceptors (Lipinski definition) is 2. The SMILES string of the molecule is CC1=CCN(C(=O)c2ccc(-c3cccc(C(C)O)c3)cc2)CC1. The molecule has 24 heavy (non-hydrogen) atoms. The van der Waals surface area contributed by atoms with Gasteiger partial charge >= 0.3 is 0 Å². The van der Waals surface area contributed by atoms with Crippen molar-refractivity contribution in [3.05, 3.63) is 71.3 Å². The molecule has 0 radical (unpaired) electrons. The maximum atomic E-state index is 12.6. The van der Waals surface area contributed by atoms with Gasteiger partial charge in [0.15, 0.2) is 0 Å². The minimum absolute atomic E-state index is 0.0861. The molecule has 3 nitrogen and oxygen atoms in total. The molecule has 1 atom stereocenters. The number of carbonyl (C=O) groups excluding carboxylic acids is 1. The Morgan fingerprint density at radius 2 is 1.88 bits per heavy atom. The van der Waals surface area contributed by atoms with Gasteiger partial charge < -0.3 is 10.0 Å². The molecule has 0 saturated heterocycles. The summed E-state index contributed by atoms with van der Waals surface area (Å²) >= 11 is 0. The van der Waals surface area contributed by atoms with Crippen molar-refractivity contribution in [2.75, 3.05) is 13.1 Å². The first-order valence-electron chi connectivity index (χ1n) is 8.38. The Balaban J connectivity index is 1.78. The lowest BCUT2D eigenvalue weighted by atomic mass is 9.99. The van der Waals surface area contributed by atoms with Gasteiger partial charge in [-0.2, -0.15) is 0 Å². The topological polar surface area (TPSA) is 40.5 Å². The van der Waals surface area contributed by atoms with E-state index in [4.69, 9.17) is 0 Å². The molecule has 1 aliphatic rings. The van der Waals surface area contributed by atoms with Gasteiger partial charge in [0.25, 0.3) is 5.91 Å². The Labute approximate surface area is 143 Å². The molecule has 0 aliphatic carbocycles. The summed E-state index contributed by atoms with van der Waals surface area (Å²) in [5.74, 6) is 0.0861. The van der Waals surface area contributed by atoms with E-state index in [9.17, 15) is 9.90 Å². The van der Waals surface area contributed by atoms with Gasteiger partial charge in [-0.25, -0.2) is 0 Å². The molecule has 2 aromatic carbocycles. The van der Waals surface area contributed by atoms with Gasteiger partial charge in [0.05, 0.1) is 6.10 Å². The molecule has 0 fully saturated rings. The number of hydrogen-bond donors (Lipinski definition) is 1. The van der Waals surface area contributed by atoms with Crippen LogP contribution in [-0.2, 0) is 0 Å². The summed E-state index contributed by atoms with van der Waals surface area (Å²) in [5.41, 5.74) is 5.06. The first-order valence-corrected chi connectivity index (χ1v) is 8.38. The fraction of sp³-hybridized carbons (Fsp3) is 0.286. The molecule has 1 N–H and O–H groups in total. The lowest BCUT2D eigenvalue weighted by Crippen LogP contribution is -2.34. The van der Waals surface area contributed by atoms with Crippen LogP contribution in [-0.4, -0.2) is 29.0 Å². The molecular formula is C21H23NO2. The van der Waals surface area contributed by atoms with Crippen LogP contribution in [0, 0.1) is 0 Å². The largest absolute Gasteiger partial charge is 0.389 e. The predicted molar refractivity (Wildman–Crippen MR) is 96.8 cm³/mol. The van der Waals surface area contributed by atoms with Crippen molar-refractivity contribution in [3.63, 3.8) is 0 Å². The second-order valence-corrected chi connectivity index (χ2v) is 6.43. The van der Waals surface area contributed by atoms with Crippen molar-refractivity contribution in [2.45, 2.75) is 26.4 Å². The van der Waals surface area contributed by atoms with E-state index in [2.05, 4.69) is 13.0 Å². The minimum atomic E-state index is -0.485. The molecule has 3 heteroatoms. The molecule has 0 spiro atoms. The van der Waals surface area contributed by atoms with Gasteiger partial charge in [-0.05, 0) is 55.2 Å². The first-order chi connectivity index (χ1) is 11.5. The first kappa shape index (κ1) is 16.5. The number of carbonyl (C=O) groups is 1. The van der Waals surface area contributed by atoms with Crippen LogP contribution in [0.5, 0.6) is 0 Å². The van der Waals surface area contributed by atoms with E-state index < -0.39 is 6.10 Å². The normalized spacial score (nSPS) is 15.8. The molecule has 124 valence electrons. The monoisotopic (exact) mass is 321 g/mol. The van der Waals surface area contributed by atoms with Crippen LogP contribution in [0.25, 0.3) is 11.1 Å². The van der Waals surface area contributed by atoms with Gasteiger partial charge in [0.1, 0.15) is 0 Å². The number of aliphatic hydroxyl groups excluding tert-OH is 1. The summed E-state index contributed by atoms with van der Waals surface area (Å²) in [6, 6.07) is 15.6. The third-order valence-corrected chi connectivity index (χ3v) is 4.56. The van der Waals surface area contributed by atoms with Crippen LogP contribution < -0.4 is 0 Å². The standard InChI is InChI=1S/C21H23NO2/c1-15-10-12-22(13-11-15)21(24)18-8-6-17(7-9-18)20-5-3-4-19(14-20)16(2)23/h3-10,14,16,23H,11-13H2,1-2H3. The van der Waals surface area contributed by atoms with E-state index >= 15 is 0 Å². The number of nitrogens with zero attached hydrogens (tertiary/aromatic N) is 1. The third kappa shape index (κ3) is 3.57. The molecule has 1 amide bonds. The Bertz CT molecular complexity index is 760. The van der Waals surface area contributed by atoms with Crippen LogP contribution in [0.1, 0.15) is 42.3 Å².